The quantitative estimate of drug-likeness (QED) is 0.439. The second kappa shape index (κ2) is 8.82. The van der Waals surface area contributed by atoms with Gasteiger partial charge in [0.15, 0.2) is 0 Å². The third-order valence-corrected chi connectivity index (χ3v) is 6.89. The summed E-state index contributed by atoms with van der Waals surface area (Å²) < 4.78 is 8.53. The molecule has 1 aromatic carbocycles. The maximum absolute atomic E-state index is 12.8. The van der Waals surface area contributed by atoms with Crippen molar-refractivity contribution in [2.45, 2.75) is 19.4 Å². The Morgan fingerprint density at radius 3 is 2.94 bits per heavy atom. The summed E-state index contributed by atoms with van der Waals surface area (Å²) >= 11 is 1.33. The van der Waals surface area contributed by atoms with Crippen LogP contribution in [0.4, 0.5) is 4.79 Å². The molecule has 9 heteroatoms. The summed E-state index contributed by atoms with van der Waals surface area (Å²) in [6.45, 7) is 2.90. The lowest BCUT2D eigenvalue weighted by molar-refractivity contribution is 0.0769. The molecule has 3 aromatic heterocycles. The van der Waals surface area contributed by atoms with Crippen LogP contribution >= 0.6 is 11.3 Å². The van der Waals surface area contributed by atoms with E-state index in [1.54, 1.807) is 33.9 Å². The highest BCUT2D eigenvalue weighted by Crippen LogP contribution is 2.36. The predicted molar refractivity (Wildman–Crippen MR) is 131 cm³/mol. The van der Waals surface area contributed by atoms with Gasteiger partial charge in [-0.2, -0.15) is 0 Å². The summed E-state index contributed by atoms with van der Waals surface area (Å²) in [5.41, 5.74) is 2.20. The Hall–Kier alpha value is -3.87. The lowest BCUT2D eigenvalue weighted by Crippen LogP contribution is -2.29. The van der Waals surface area contributed by atoms with Crippen LogP contribution in [0.1, 0.15) is 21.8 Å². The number of likely N-dealkylation sites (tertiary alicyclic amines) is 1. The molecule has 0 bridgehead atoms. The minimum Gasteiger partial charge on any atom is -0.456 e. The van der Waals surface area contributed by atoms with E-state index in [9.17, 15) is 14.7 Å². The van der Waals surface area contributed by atoms with E-state index < -0.39 is 6.10 Å². The van der Waals surface area contributed by atoms with E-state index in [2.05, 4.69) is 16.2 Å². The monoisotopic (exact) mass is 474 g/mol. The first-order valence-corrected chi connectivity index (χ1v) is 11.6. The van der Waals surface area contributed by atoms with E-state index in [1.807, 2.05) is 25.1 Å². The highest BCUT2D eigenvalue weighted by atomic mass is 32.1. The van der Waals surface area contributed by atoms with E-state index in [0.717, 1.165) is 21.3 Å². The molecule has 1 saturated heterocycles. The Morgan fingerprint density at radius 1 is 1.32 bits per heavy atom. The third-order valence-electron chi connectivity index (χ3n) is 5.77. The van der Waals surface area contributed by atoms with Crippen molar-refractivity contribution in [2.24, 2.45) is 0 Å². The number of fused-ring (bicyclic) bond motifs is 2. The highest BCUT2D eigenvalue weighted by Gasteiger charge is 2.27. The van der Waals surface area contributed by atoms with Gasteiger partial charge in [-0.1, -0.05) is 5.92 Å². The van der Waals surface area contributed by atoms with Crippen LogP contribution in [0.2, 0.25) is 0 Å². The number of nitrogens with zero attached hydrogens (tertiary/aromatic N) is 3. The number of pyridine rings is 1. The summed E-state index contributed by atoms with van der Waals surface area (Å²) in [7, 11) is 0. The number of hydrogen-bond acceptors (Lipinski definition) is 6. The van der Waals surface area contributed by atoms with Crippen molar-refractivity contribution in [3.63, 3.8) is 0 Å². The number of aliphatic hydroxyl groups is 1. The van der Waals surface area contributed by atoms with Crippen molar-refractivity contribution >= 4 is 44.4 Å². The van der Waals surface area contributed by atoms with E-state index in [0.29, 0.717) is 41.4 Å². The number of hydrogen-bond donors (Lipinski definition) is 2. The number of β-amino-alcohol motifs (C(OH)–C–C–N with tert-alkyl or cyclic N) is 1. The number of aliphatic hydroxyl groups excluding tert-OH is 1. The van der Waals surface area contributed by atoms with E-state index in [1.165, 1.54) is 11.3 Å². The molecule has 1 fully saturated rings. The van der Waals surface area contributed by atoms with Gasteiger partial charge in [0, 0.05) is 36.4 Å². The largest absolute Gasteiger partial charge is 0.456 e. The minimum absolute atomic E-state index is 0.105. The molecule has 0 aliphatic carbocycles. The maximum atomic E-state index is 12.8. The van der Waals surface area contributed by atoms with Crippen LogP contribution in [-0.4, -0.2) is 57.2 Å². The molecule has 8 nitrogen and oxygen atoms in total. The van der Waals surface area contributed by atoms with Crippen LogP contribution in [0.15, 0.2) is 42.6 Å². The number of carbonyl (C=O) groups is 2. The van der Waals surface area contributed by atoms with Gasteiger partial charge in [0.2, 0.25) is 0 Å². The summed E-state index contributed by atoms with van der Waals surface area (Å²) in [6.07, 6.45) is 7.02. The SMILES string of the molecule is C#CCNC(=O)n1c(C)cc2cc(Oc3ccnc4cc(C(=O)N5CC[C@H](O)C5)sc34)ccc21. The number of aromatic nitrogens is 2. The zero-order valence-corrected chi connectivity index (χ0v) is 19.3. The molecule has 1 aliphatic heterocycles. The Labute approximate surface area is 199 Å². The van der Waals surface area contributed by atoms with Gasteiger partial charge in [-0.25, -0.2) is 4.79 Å². The Balaban J connectivity index is 1.43. The van der Waals surface area contributed by atoms with Crippen molar-refractivity contribution in [1.82, 2.24) is 19.8 Å². The minimum atomic E-state index is -0.466. The average molecular weight is 475 g/mol. The molecule has 1 aliphatic rings. The number of carbonyl (C=O) groups excluding carboxylic acids is 2. The number of ether oxygens (including phenoxy) is 1. The molecular formula is C25H22N4O4S. The predicted octanol–water partition coefficient (Wildman–Crippen LogP) is 3.75. The number of thiophene rings is 1. The van der Waals surface area contributed by atoms with Crippen LogP contribution < -0.4 is 10.1 Å². The maximum Gasteiger partial charge on any atom is 0.327 e. The first-order valence-electron chi connectivity index (χ1n) is 10.8. The lowest BCUT2D eigenvalue weighted by Gasteiger charge is -2.13. The first kappa shape index (κ1) is 21.9. The normalized spacial score (nSPS) is 15.6. The van der Waals surface area contributed by atoms with Crippen LogP contribution in [0.25, 0.3) is 21.1 Å². The molecule has 4 heterocycles. The van der Waals surface area contributed by atoms with Crippen molar-refractivity contribution in [1.29, 1.82) is 0 Å². The smallest absolute Gasteiger partial charge is 0.327 e. The number of rotatable bonds is 4. The molecule has 172 valence electrons. The zero-order chi connectivity index (χ0) is 23.8. The number of amides is 2. The van der Waals surface area contributed by atoms with Gasteiger partial charge in [0.25, 0.3) is 5.91 Å². The number of aryl methyl sites for hydroxylation is 1. The third kappa shape index (κ3) is 3.98. The van der Waals surface area contributed by atoms with E-state index in [4.69, 9.17) is 11.2 Å². The first-order chi connectivity index (χ1) is 16.4. The molecule has 4 aromatic rings. The molecule has 2 N–H and O–H groups in total. The van der Waals surface area contributed by atoms with Crippen molar-refractivity contribution in [3.05, 3.63) is 53.2 Å². The molecular weight excluding hydrogens is 452 g/mol. The summed E-state index contributed by atoms with van der Waals surface area (Å²) in [4.78, 5) is 31.9. The van der Waals surface area contributed by atoms with Gasteiger partial charge < -0.3 is 20.1 Å². The van der Waals surface area contributed by atoms with Gasteiger partial charge in [0.05, 0.1) is 33.3 Å². The summed E-state index contributed by atoms with van der Waals surface area (Å²) in [5.74, 6) is 3.49. The summed E-state index contributed by atoms with van der Waals surface area (Å²) in [6, 6.07) is 10.6. The van der Waals surface area contributed by atoms with Gasteiger partial charge >= 0.3 is 6.03 Å². The van der Waals surface area contributed by atoms with Crippen LogP contribution in [0, 0.1) is 19.3 Å². The van der Waals surface area contributed by atoms with Crippen molar-refractivity contribution in [2.75, 3.05) is 19.6 Å². The number of terminal acetylenes is 1. The topological polar surface area (TPSA) is 96.7 Å². The zero-order valence-electron chi connectivity index (χ0n) is 18.4. The van der Waals surface area contributed by atoms with E-state index in [-0.39, 0.29) is 18.5 Å². The fourth-order valence-electron chi connectivity index (χ4n) is 4.18. The molecule has 5 rings (SSSR count). The van der Waals surface area contributed by atoms with Gasteiger partial charge in [-0.3, -0.25) is 14.3 Å². The van der Waals surface area contributed by atoms with Crippen molar-refractivity contribution in [3.8, 4) is 23.8 Å². The number of nitrogens with one attached hydrogen (secondary N) is 1. The molecule has 0 saturated carbocycles. The van der Waals surface area contributed by atoms with Gasteiger partial charge in [-0.05, 0) is 43.7 Å². The number of benzene rings is 1. The Kier molecular flexibility index (Phi) is 5.69. The van der Waals surface area contributed by atoms with Gasteiger partial charge in [-0.15, -0.1) is 17.8 Å². The molecule has 1 atom stereocenters. The molecule has 2 amide bonds. The second-order valence-electron chi connectivity index (χ2n) is 8.13. The Bertz CT molecular complexity index is 1470. The van der Waals surface area contributed by atoms with Crippen LogP contribution in [0.3, 0.4) is 0 Å². The summed E-state index contributed by atoms with van der Waals surface area (Å²) in [5, 5.41) is 13.3. The fraction of sp³-hybridized carbons (Fsp3) is 0.240. The molecule has 0 spiro atoms. The average Bonchev–Trinajstić information content (AvgIpc) is 3.53. The molecule has 34 heavy (non-hydrogen) atoms. The van der Waals surface area contributed by atoms with E-state index >= 15 is 0 Å². The van der Waals surface area contributed by atoms with Gasteiger partial charge in [0.1, 0.15) is 11.5 Å². The van der Waals surface area contributed by atoms with Crippen LogP contribution in [0.5, 0.6) is 11.5 Å². The highest BCUT2D eigenvalue weighted by molar-refractivity contribution is 7.21. The second-order valence-corrected chi connectivity index (χ2v) is 9.19. The van der Waals surface area contributed by atoms with Crippen LogP contribution in [-0.2, 0) is 0 Å². The fourth-order valence-corrected chi connectivity index (χ4v) is 5.21. The Morgan fingerprint density at radius 2 is 2.18 bits per heavy atom. The standard InChI is InChI=1S/C25H22N4O4S/c1-3-8-27-25(32)29-15(2)11-16-12-18(4-5-20(16)29)33-21-6-9-26-19-13-22(34-23(19)21)24(31)28-10-7-17(30)14-28/h1,4-6,9,11-13,17,30H,7-8,10,14H2,2H3,(H,27,32)/t17-/m0/s1. The molecule has 0 unspecified atom stereocenters. The molecule has 0 radical (unpaired) electrons. The van der Waals surface area contributed by atoms with Crippen molar-refractivity contribution < 1.29 is 19.4 Å². The lowest BCUT2D eigenvalue weighted by atomic mass is 10.2.